The summed E-state index contributed by atoms with van der Waals surface area (Å²) in [7, 11) is 0. The highest BCUT2D eigenvalue weighted by molar-refractivity contribution is 6.32. The Morgan fingerprint density at radius 3 is 2.68 bits per heavy atom. The zero-order valence-electron chi connectivity index (χ0n) is 15.9. The molecule has 0 aliphatic heterocycles. The third-order valence-corrected chi connectivity index (χ3v) is 7.59. The summed E-state index contributed by atoms with van der Waals surface area (Å²) in [5, 5.41) is 4.34. The minimum Gasteiger partial charge on any atom is -0.349 e. The van der Waals surface area contributed by atoms with Gasteiger partial charge in [0.1, 0.15) is 0 Å². The van der Waals surface area contributed by atoms with Crippen LogP contribution >= 0.6 is 11.6 Å². The van der Waals surface area contributed by atoms with Crippen LogP contribution in [0.5, 0.6) is 0 Å². The molecule has 0 saturated heterocycles. The van der Waals surface area contributed by atoms with Crippen molar-refractivity contribution in [3.05, 3.63) is 58.4 Å². The second kappa shape index (κ2) is 5.80. The van der Waals surface area contributed by atoms with Crippen molar-refractivity contribution >= 4 is 23.1 Å². The summed E-state index contributed by atoms with van der Waals surface area (Å²) in [6, 6.07) is 8.47. The number of nitrogens with two attached hydrogens (primary N) is 1. The molecule has 7 rings (SSSR count). The standard InChI is InChI=1S/C23H25ClN4/c24-19-12-26-21(27-20(19)18-6-5-16-3-1-2-4-17(16)18)28-23-10-14-7-15(11-23)9-22(25,8-14)13-23/h1-4,6,12,14-15H,5,7-11,13,25H2,(H,26,27,28). The van der Waals surface area contributed by atoms with E-state index in [0.29, 0.717) is 11.0 Å². The Balaban J connectivity index is 1.34. The summed E-state index contributed by atoms with van der Waals surface area (Å²) in [6.45, 7) is 0. The molecule has 3 N–H and O–H groups in total. The van der Waals surface area contributed by atoms with Gasteiger partial charge in [-0.1, -0.05) is 41.9 Å². The monoisotopic (exact) mass is 392 g/mol. The first-order valence-electron chi connectivity index (χ1n) is 10.4. The molecule has 4 bridgehead atoms. The van der Waals surface area contributed by atoms with E-state index in [-0.39, 0.29) is 11.1 Å². The highest BCUT2D eigenvalue weighted by atomic mass is 35.5. The smallest absolute Gasteiger partial charge is 0.223 e. The molecule has 1 aromatic heterocycles. The van der Waals surface area contributed by atoms with E-state index in [9.17, 15) is 0 Å². The van der Waals surface area contributed by atoms with Crippen LogP contribution in [0.15, 0.2) is 36.5 Å². The van der Waals surface area contributed by atoms with Gasteiger partial charge in [0.15, 0.2) is 0 Å². The number of allylic oxidation sites excluding steroid dienone is 1. The first kappa shape index (κ1) is 17.0. The van der Waals surface area contributed by atoms with E-state index in [1.807, 2.05) is 0 Å². The van der Waals surface area contributed by atoms with Crippen LogP contribution in [0, 0.1) is 11.8 Å². The fourth-order valence-corrected chi connectivity index (χ4v) is 7.03. The molecule has 5 heteroatoms. The lowest BCUT2D eigenvalue weighted by atomic mass is 9.50. The Hall–Kier alpha value is -1.91. The lowest BCUT2D eigenvalue weighted by Crippen LogP contribution is -2.65. The van der Waals surface area contributed by atoms with Gasteiger partial charge in [-0.15, -0.1) is 0 Å². The molecule has 2 unspecified atom stereocenters. The van der Waals surface area contributed by atoms with Crippen molar-refractivity contribution in [2.24, 2.45) is 17.6 Å². The van der Waals surface area contributed by atoms with Crippen molar-refractivity contribution in [1.29, 1.82) is 0 Å². The Bertz CT molecular complexity index is 984. The third kappa shape index (κ3) is 2.61. The Labute approximate surface area is 170 Å². The summed E-state index contributed by atoms with van der Waals surface area (Å²) in [5.41, 5.74) is 11.3. The second-order valence-electron chi connectivity index (χ2n) is 9.60. The van der Waals surface area contributed by atoms with Gasteiger partial charge in [-0.3, -0.25) is 0 Å². The number of fused-ring (bicyclic) bond motifs is 1. The molecule has 144 valence electrons. The molecule has 2 aromatic rings. The molecule has 0 amide bonds. The number of nitrogens with one attached hydrogen (secondary N) is 1. The Kier molecular flexibility index (Phi) is 3.52. The first-order valence-corrected chi connectivity index (χ1v) is 10.8. The molecule has 1 heterocycles. The molecule has 5 aliphatic rings. The summed E-state index contributed by atoms with van der Waals surface area (Å²) in [6.07, 6.45) is 12.0. The summed E-state index contributed by atoms with van der Waals surface area (Å²) < 4.78 is 0. The average Bonchev–Trinajstić information content (AvgIpc) is 3.05. The van der Waals surface area contributed by atoms with Crippen molar-refractivity contribution < 1.29 is 0 Å². The van der Waals surface area contributed by atoms with Gasteiger partial charge in [-0.2, -0.15) is 0 Å². The summed E-state index contributed by atoms with van der Waals surface area (Å²) in [4.78, 5) is 9.43. The average molecular weight is 393 g/mol. The number of anilines is 1. The van der Waals surface area contributed by atoms with Crippen molar-refractivity contribution in [3.63, 3.8) is 0 Å². The second-order valence-corrected chi connectivity index (χ2v) is 10.0. The molecular formula is C23H25ClN4. The number of hydrogen-bond donors (Lipinski definition) is 2. The van der Waals surface area contributed by atoms with Gasteiger partial charge < -0.3 is 11.1 Å². The molecule has 1 aromatic carbocycles. The lowest BCUT2D eigenvalue weighted by Gasteiger charge is -2.61. The molecule has 0 radical (unpaired) electrons. The van der Waals surface area contributed by atoms with Gasteiger partial charge in [0, 0.05) is 16.7 Å². The van der Waals surface area contributed by atoms with Crippen LogP contribution in [0.25, 0.3) is 5.57 Å². The summed E-state index contributed by atoms with van der Waals surface area (Å²) >= 11 is 6.53. The highest BCUT2D eigenvalue weighted by Crippen LogP contribution is 2.57. The summed E-state index contributed by atoms with van der Waals surface area (Å²) in [5.74, 6) is 2.18. The number of rotatable bonds is 3. The number of nitrogens with zero attached hydrogens (tertiary/aromatic N) is 2. The van der Waals surface area contributed by atoms with E-state index >= 15 is 0 Å². The van der Waals surface area contributed by atoms with Gasteiger partial charge in [0.25, 0.3) is 0 Å². The van der Waals surface area contributed by atoms with Crippen LogP contribution in [0.3, 0.4) is 0 Å². The molecule has 4 saturated carbocycles. The van der Waals surface area contributed by atoms with E-state index in [0.717, 1.165) is 35.9 Å². The molecule has 2 atom stereocenters. The minimum atomic E-state index is -0.000735. The Morgan fingerprint density at radius 2 is 1.89 bits per heavy atom. The maximum Gasteiger partial charge on any atom is 0.223 e. The normalized spacial score (nSPS) is 35.0. The predicted octanol–water partition coefficient (Wildman–Crippen LogP) is 4.58. The van der Waals surface area contributed by atoms with E-state index in [2.05, 4.69) is 40.6 Å². The van der Waals surface area contributed by atoms with E-state index in [1.165, 1.54) is 43.2 Å². The zero-order chi connectivity index (χ0) is 18.9. The Morgan fingerprint density at radius 1 is 1.11 bits per heavy atom. The van der Waals surface area contributed by atoms with Gasteiger partial charge in [-0.05, 0) is 67.9 Å². The van der Waals surface area contributed by atoms with Gasteiger partial charge >= 0.3 is 0 Å². The third-order valence-electron chi connectivity index (χ3n) is 7.32. The van der Waals surface area contributed by atoms with Crippen molar-refractivity contribution in [2.45, 2.75) is 56.0 Å². The van der Waals surface area contributed by atoms with E-state index in [1.54, 1.807) is 6.20 Å². The fraction of sp³-hybridized carbons (Fsp3) is 0.478. The predicted molar refractivity (Wildman–Crippen MR) is 112 cm³/mol. The molecule has 4 fully saturated rings. The number of aromatic nitrogens is 2. The lowest BCUT2D eigenvalue weighted by molar-refractivity contribution is -0.00807. The van der Waals surface area contributed by atoms with E-state index < -0.39 is 0 Å². The van der Waals surface area contributed by atoms with Gasteiger partial charge in [0.05, 0.1) is 16.9 Å². The largest absolute Gasteiger partial charge is 0.349 e. The number of benzene rings is 1. The van der Waals surface area contributed by atoms with Crippen LogP contribution in [0.4, 0.5) is 5.95 Å². The van der Waals surface area contributed by atoms with Crippen molar-refractivity contribution in [2.75, 3.05) is 5.32 Å². The maximum atomic E-state index is 6.76. The van der Waals surface area contributed by atoms with Crippen LogP contribution in [0.2, 0.25) is 5.02 Å². The van der Waals surface area contributed by atoms with Crippen LogP contribution < -0.4 is 11.1 Å². The SMILES string of the molecule is NC12CC3CC(C1)CC(Nc1ncc(Cl)c(C4=CCc5ccccc54)n1)(C3)C2. The zero-order valence-corrected chi connectivity index (χ0v) is 16.7. The van der Waals surface area contributed by atoms with Crippen LogP contribution in [-0.4, -0.2) is 21.0 Å². The number of hydrogen-bond acceptors (Lipinski definition) is 4. The molecule has 28 heavy (non-hydrogen) atoms. The fourth-order valence-electron chi connectivity index (χ4n) is 6.84. The minimum absolute atomic E-state index is 0.000735. The maximum absolute atomic E-state index is 6.76. The molecule has 0 spiro atoms. The van der Waals surface area contributed by atoms with Gasteiger partial charge in [0.2, 0.25) is 5.95 Å². The first-order chi connectivity index (χ1) is 13.5. The van der Waals surface area contributed by atoms with Crippen LogP contribution in [0.1, 0.15) is 55.3 Å². The van der Waals surface area contributed by atoms with Crippen molar-refractivity contribution in [3.8, 4) is 0 Å². The molecule has 4 nitrogen and oxygen atoms in total. The quantitative estimate of drug-likeness (QED) is 0.802. The molecular weight excluding hydrogens is 368 g/mol. The number of halogens is 1. The topological polar surface area (TPSA) is 63.8 Å². The van der Waals surface area contributed by atoms with Crippen LogP contribution in [-0.2, 0) is 6.42 Å². The highest BCUT2D eigenvalue weighted by Gasteiger charge is 2.56. The van der Waals surface area contributed by atoms with E-state index in [4.69, 9.17) is 22.3 Å². The van der Waals surface area contributed by atoms with Gasteiger partial charge in [-0.25, -0.2) is 9.97 Å². The molecule has 5 aliphatic carbocycles. The van der Waals surface area contributed by atoms with Crippen molar-refractivity contribution in [1.82, 2.24) is 9.97 Å².